The number of aliphatic hydroxyl groups is 1. The molecule has 2 aromatic rings. The quantitative estimate of drug-likeness (QED) is 0.818. The lowest BCUT2D eigenvalue weighted by Gasteiger charge is -2.19. The minimum Gasteiger partial charge on any atom is -0.392 e. The maximum absolute atomic E-state index is 9.88. The Morgan fingerprint density at radius 1 is 1.53 bits per heavy atom. The molecule has 0 bridgehead atoms. The van der Waals surface area contributed by atoms with Crippen molar-refractivity contribution in [1.29, 1.82) is 0 Å². The number of hydrogen-bond acceptors (Lipinski definition) is 4. The van der Waals surface area contributed by atoms with E-state index < -0.39 is 0 Å². The van der Waals surface area contributed by atoms with Crippen molar-refractivity contribution in [3.05, 3.63) is 40.6 Å². The summed E-state index contributed by atoms with van der Waals surface area (Å²) in [7, 11) is 1.99. The number of thiophene rings is 1. The van der Waals surface area contributed by atoms with Crippen LogP contribution in [0.4, 0.5) is 0 Å². The highest BCUT2D eigenvalue weighted by molar-refractivity contribution is 7.10. The molecule has 0 spiro atoms. The van der Waals surface area contributed by atoms with E-state index in [1.165, 1.54) is 4.88 Å². The summed E-state index contributed by atoms with van der Waals surface area (Å²) in [6, 6.07) is 4.19. The lowest BCUT2D eigenvalue weighted by Crippen LogP contribution is -2.32. The molecule has 2 N–H and O–H groups in total. The Hall–Kier alpha value is -1.17. The van der Waals surface area contributed by atoms with E-state index in [2.05, 4.69) is 28.7 Å². The largest absolute Gasteiger partial charge is 0.392 e. The van der Waals surface area contributed by atoms with Crippen LogP contribution in [0.5, 0.6) is 0 Å². The minimum absolute atomic E-state index is 0.0477. The van der Waals surface area contributed by atoms with Crippen LogP contribution in [0.2, 0.25) is 0 Å². The van der Waals surface area contributed by atoms with Gasteiger partial charge in [0.25, 0.3) is 0 Å². The Balaban J connectivity index is 2.10. The van der Waals surface area contributed by atoms with Crippen LogP contribution in [0.1, 0.15) is 36.5 Å². The third-order valence-electron chi connectivity index (χ3n) is 3.12. The normalized spacial score (nSPS) is 14.5. The molecule has 2 heterocycles. The number of imidazole rings is 1. The fourth-order valence-electron chi connectivity index (χ4n) is 2.12. The van der Waals surface area contributed by atoms with Crippen molar-refractivity contribution >= 4 is 11.3 Å². The Morgan fingerprint density at radius 2 is 2.37 bits per heavy atom. The number of hydrogen-bond donors (Lipinski definition) is 2. The Kier molecular flexibility index (Phi) is 5.13. The molecule has 0 radical (unpaired) electrons. The van der Waals surface area contributed by atoms with Gasteiger partial charge in [0.1, 0.15) is 11.9 Å². The summed E-state index contributed by atoms with van der Waals surface area (Å²) in [5.41, 5.74) is 0. The summed E-state index contributed by atoms with van der Waals surface area (Å²) in [4.78, 5) is 5.64. The molecule has 0 aromatic carbocycles. The highest BCUT2D eigenvalue weighted by Crippen LogP contribution is 2.24. The maximum Gasteiger partial charge on any atom is 0.131 e. The lowest BCUT2D eigenvalue weighted by molar-refractivity contribution is 0.158. The predicted octanol–water partition coefficient (Wildman–Crippen LogP) is 2.32. The molecule has 0 amide bonds. The zero-order valence-electron chi connectivity index (χ0n) is 11.4. The van der Waals surface area contributed by atoms with Crippen LogP contribution < -0.4 is 5.32 Å². The van der Waals surface area contributed by atoms with Gasteiger partial charge in [0, 0.05) is 30.9 Å². The van der Waals surface area contributed by atoms with Gasteiger partial charge in [-0.1, -0.05) is 19.4 Å². The summed E-state index contributed by atoms with van der Waals surface area (Å²) < 4.78 is 2.02. The predicted molar refractivity (Wildman–Crippen MR) is 78.3 cm³/mol. The van der Waals surface area contributed by atoms with E-state index in [-0.39, 0.29) is 12.1 Å². The first kappa shape index (κ1) is 14.2. The summed E-state index contributed by atoms with van der Waals surface area (Å²) in [5, 5.41) is 15.4. The smallest absolute Gasteiger partial charge is 0.131 e. The first-order chi connectivity index (χ1) is 9.22. The number of aryl methyl sites for hydroxylation is 1. The van der Waals surface area contributed by atoms with E-state index in [4.69, 9.17) is 0 Å². The molecule has 19 heavy (non-hydrogen) atoms. The standard InChI is InChI=1S/C14H21N3OS/c1-3-5-11(18)10-16-13(12-6-4-9-19-12)14-15-7-8-17(14)2/h4,6-9,11,13,16,18H,3,5,10H2,1-2H3. The zero-order valence-corrected chi connectivity index (χ0v) is 12.2. The summed E-state index contributed by atoms with van der Waals surface area (Å²) in [6.45, 7) is 2.67. The molecule has 2 aromatic heterocycles. The van der Waals surface area contributed by atoms with Crippen molar-refractivity contribution < 1.29 is 5.11 Å². The van der Waals surface area contributed by atoms with E-state index in [9.17, 15) is 5.11 Å². The second-order valence-corrected chi connectivity index (χ2v) is 5.67. The first-order valence-electron chi connectivity index (χ1n) is 6.64. The zero-order chi connectivity index (χ0) is 13.7. The first-order valence-corrected chi connectivity index (χ1v) is 7.52. The van der Waals surface area contributed by atoms with Gasteiger partial charge in [-0.2, -0.15) is 0 Å². The molecule has 0 fully saturated rings. The number of nitrogens with zero attached hydrogens (tertiary/aromatic N) is 2. The van der Waals surface area contributed by atoms with Crippen LogP contribution >= 0.6 is 11.3 Å². The van der Waals surface area contributed by atoms with Gasteiger partial charge in [-0.25, -0.2) is 4.98 Å². The second-order valence-electron chi connectivity index (χ2n) is 4.70. The van der Waals surface area contributed by atoms with Crippen LogP contribution in [-0.4, -0.2) is 27.3 Å². The monoisotopic (exact) mass is 279 g/mol. The number of rotatable bonds is 7. The SMILES string of the molecule is CCCC(O)CNC(c1cccs1)c1nccn1C. The summed E-state index contributed by atoms with van der Waals surface area (Å²) in [5.74, 6) is 0.978. The third kappa shape index (κ3) is 3.65. The number of aliphatic hydroxyl groups excluding tert-OH is 1. The molecule has 2 rings (SSSR count). The molecule has 2 unspecified atom stereocenters. The molecule has 0 saturated carbocycles. The van der Waals surface area contributed by atoms with Crippen molar-refractivity contribution in [1.82, 2.24) is 14.9 Å². The van der Waals surface area contributed by atoms with Crippen molar-refractivity contribution in [3.8, 4) is 0 Å². The molecular weight excluding hydrogens is 258 g/mol. The molecule has 2 atom stereocenters. The van der Waals surface area contributed by atoms with Crippen molar-refractivity contribution in [3.63, 3.8) is 0 Å². The molecule has 4 nitrogen and oxygen atoms in total. The molecular formula is C14H21N3OS. The number of nitrogens with one attached hydrogen (secondary N) is 1. The van der Waals surface area contributed by atoms with Crippen LogP contribution in [0.15, 0.2) is 29.9 Å². The lowest BCUT2D eigenvalue weighted by atomic mass is 10.1. The molecule has 0 aliphatic heterocycles. The third-order valence-corrected chi connectivity index (χ3v) is 4.06. The van der Waals surface area contributed by atoms with Crippen molar-refractivity contribution in [2.75, 3.05) is 6.54 Å². The topological polar surface area (TPSA) is 50.1 Å². The molecule has 104 valence electrons. The van der Waals surface area contributed by atoms with E-state index >= 15 is 0 Å². The van der Waals surface area contributed by atoms with E-state index in [1.54, 1.807) is 17.5 Å². The van der Waals surface area contributed by atoms with E-state index in [0.717, 1.165) is 18.7 Å². The second kappa shape index (κ2) is 6.84. The van der Waals surface area contributed by atoms with Gasteiger partial charge in [0.05, 0.1) is 6.10 Å². The van der Waals surface area contributed by atoms with Gasteiger partial charge >= 0.3 is 0 Å². The van der Waals surface area contributed by atoms with Gasteiger partial charge in [-0.3, -0.25) is 0 Å². The average molecular weight is 279 g/mol. The molecule has 0 saturated heterocycles. The van der Waals surface area contributed by atoms with Crippen LogP contribution in [0, 0.1) is 0 Å². The molecule has 0 aliphatic rings. The van der Waals surface area contributed by atoms with Crippen LogP contribution in [0.25, 0.3) is 0 Å². The van der Waals surface area contributed by atoms with Crippen LogP contribution in [-0.2, 0) is 7.05 Å². The molecule has 0 aliphatic carbocycles. The summed E-state index contributed by atoms with van der Waals surface area (Å²) >= 11 is 1.71. The molecule has 5 heteroatoms. The van der Waals surface area contributed by atoms with Gasteiger partial charge in [-0.15, -0.1) is 11.3 Å². The van der Waals surface area contributed by atoms with Crippen molar-refractivity contribution in [2.45, 2.75) is 31.9 Å². The van der Waals surface area contributed by atoms with Gasteiger partial charge in [0.2, 0.25) is 0 Å². The fourth-order valence-corrected chi connectivity index (χ4v) is 2.92. The van der Waals surface area contributed by atoms with E-state index in [1.807, 2.05) is 23.9 Å². The highest BCUT2D eigenvalue weighted by atomic mass is 32.1. The Morgan fingerprint density at radius 3 is 2.95 bits per heavy atom. The Bertz CT molecular complexity index is 481. The maximum atomic E-state index is 9.88. The van der Waals surface area contributed by atoms with Gasteiger partial charge in [0.15, 0.2) is 0 Å². The number of aromatic nitrogens is 2. The van der Waals surface area contributed by atoms with E-state index in [0.29, 0.717) is 6.54 Å². The van der Waals surface area contributed by atoms with Gasteiger partial charge in [-0.05, 0) is 17.9 Å². The minimum atomic E-state index is -0.298. The fraction of sp³-hybridized carbons (Fsp3) is 0.500. The van der Waals surface area contributed by atoms with Crippen LogP contribution in [0.3, 0.4) is 0 Å². The van der Waals surface area contributed by atoms with Gasteiger partial charge < -0.3 is 15.0 Å². The summed E-state index contributed by atoms with van der Waals surface area (Å²) in [6.07, 6.45) is 5.27. The highest BCUT2D eigenvalue weighted by Gasteiger charge is 2.19. The Labute approximate surface area is 118 Å². The van der Waals surface area contributed by atoms with Crippen molar-refractivity contribution in [2.24, 2.45) is 7.05 Å². The average Bonchev–Trinajstić information content (AvgIpc) is 3.03.